The van der Waals surface area contributed by atoms with Gasteiger partial charge in [0, 0.05) is 6.04 Å². The topological polar surface area (TPSA) is 72.3 Å². The molecule has 0 bridgehead atoms. The predicted octanol–water partition coefficient (Wildman–Crippen LogP) is 0.311. The molecule has 1 saturated carbocycles. The molecule has 0 saturated heterocycles. The maximum Gasteiger partial charge on any atom is 0.231 e. The number of carbonyl (C=O) groups is 1. The van der Waals surface area contributed by atoms with Crippen molar-refractivity contribution in [1.82, 2.24) is 4.90 Å². The van der Waals surface area contributed by atoms with E-state index in [1.165, 1.54) is 25.7 Å². The molecule has 0 spiro atoms. The molecule has 2 atom stereocenters. The normalized spacial score (nSPS) is 27.7. The summed E-state index contributed by atoms with van der Waals surface area (Å²) in [6, 6.07) is 0.435. The van der Waals surface area contributed by atoms with Crippen LogP contribution in [0.3, 0.4) is 0 Å². The van der Waals surface area contributed by atoms with Gasteiger partial charge in [0.15, 0.2) is 0 Å². The Morgan fingerprint density at radius 3 is 2.60 bits per heavy atom. The fourth-order valence-corrected chi connectivity index (χ4v) is 2.58. The minimum absolute atomic E-state index is 0.252. The van der Waals surface area contributed by atoms with Crippen LogP contribution in [0, 0.1) is 5.92 Å². The summed E-state index contributed by atoms with van der Waals surface area (Å²) in [6.45, 7) is 1.06. The van der Waals surface area contributed by atoms with E-state index in [4.69, 9.17) is 11.5 Å². The third-order valence-corrected chi connectivity index (χ3v) is 3.39. The second-order valence-corrected chi connectivity index (χ2v) is 4.58. The van der Waals surface area contributed by atoms with E-state index in [2.05, 4.69) is 4.90 Å². The van der Waals surface area contributed by atoms with Crippen molar-refractivity contribution in [2.45, 2.75) is 38.1 Å². The molecule has 88 valence electrons. The van der Waals surface area contributed by atoms with E-state index in [1.807, 2.05) is 7.05 Å². The van der Waals surface area contributed by atoms with E-state index in [-0.39, 0.29) is 5.91 Å². The van der Waals surface area contributed by atoms with Gasteiger partial charge in [-0.25, -0.2) is 0 Å². The Kier molecular flexibility index (Phi) is 5.05. The maximum atomic E-state index is 10.9. The highest BCUT2D eigenvalue weighted by Gasteiger charge is 2.26. The Bertz CT molecular complexity index is 208. The van der Waals surface area contributed by atoms with Gasteiger partial charge in [-0.15, -0.1) is 0 Å². The van der Waals surface area contributed by atoms with Crippen LogP contribution in [-0.4, -0.2) is 37.0 Å². The van der Waals surface area contributed by atoms with Crippen molar-refractivity contribution in [2.75, 3.05) is 20.1 Å². The average molecular weight is 213 g/mol. The number of nitrogens with two attached hydrogens (primary N) is 2. The number of nitrogens with zero attached hydrogens (tertiary/aromatic N) is 1. The monoisotopic (exact) mass is 213 g/mol. The minimum Gasteiger partial charge on any atom is -0.369 e. The van der Waals surface area contributed by atoms with E-state index in [1.54, 1.807) is 0 Å². The number of rotatable bonds is 4. The van der Waals surface area contributed by atoms with Crippen LogP contribution >= 0.6 is 0 Å². The molecule has 2 unspecified atom stereocenters. The van der Waals surface area contributed by atoms with Gasteiger partial charge in [-0.05, 0) is 32.4 Å². The number of carbonyl (C=O) groups excluding carboxylic acids is 1. The highest BCUT2D eigenvalue weighted by molar-refractivity contribution is 5.75. The summed E-state index contributed by atoms with van der Waals surface area (Å²) < 4.78 is 0. The first-order chi connectivity index (χ1) is 7.15. The molecule has 1 amide bonds. The van der Waals surface area contributed by atoms with Gasteiger partial charge in [0.1, 0.15) is 0 Å². The number of amides is 1. The van der Waals surface area contributed by atoms with Crippen molar-refractivity contribution >= 4 is 5.91 Å². The molecule has 15 heavy (non-hydrogen) atoms. The lowest BCUT2D eigenvalue weighted by molar-refractivity contribution is -0.119. The lowest BCUT2D eigenvalue weighted by Crippen LogP contribution is -2.44. The summed E-state index contributed by atoms with van der Waals surface area (Å²) in [6.07, 6.45) is 6.13. The van der Waals surface area contributed by atoms with Gasteiger partial charge >= 0.3 is 0 Å². The molecule has 1 aliphatic rings. The Hall–Kier alpha value is -0.610. The molecule has 0 aromatic carbocycles. The number of hydrogen-bond acceptors (Lipinski definition) is 3. The van der Waals surface area contributed by atoms with E-state index in [9.17, 15) is 4.79 Å². The van der Waals surface area contributed by atoms with Crippen LogP contribution in [0.1, 0.15) is 32.1 Å². The Balaban J connectivity index is 2.56. The molecular weight excluding hydrogens is 190 g/mol. The van der Waals surface area contributed by atoms with E-state index in [0.717, 1.165) is 6.42 Å². The van der Waals surface area contributed by atoms with Gasteiger partial charge < -0.3 is 11.5 Å². The molecule has 0 radical (unpaired) electrons. The summed E-state index contributed by atoms with van der Waals surface area (Å²) in [5.41, 5.74) is 11.0. The smallest absolute Gasteiger partial charge is 0.231 e. The van der Waals surface area contributed by atoms with Gasteiger partial charge in [0.25, 0.3) is 0 Å². The van der Waals surface area contributed by atoms with E-state index >= 15 is 0 Å². The third kappa shape index (κ3) is 3.80. The van der Waals surface area contributed by atoms with Gasteiger partial charge in [-0.3, -0.25) is 9.69 Å². The molecular formula is C11H23N3O. The zero-order valence-corrected chi connectivity index (χ0v) is 9.61. The summed E-state index contributed by atoms with van der Waals surface area (Å²) in [4.78, 5) is 13.0. The predicted molar refractivity (Wildman–Crippen MR) is 61.2 cm³/mol. The molecule has 0 aromatic rings. The zero-order chi connectivity index (χ0) is 11.3. The van der Waals surface area contributed by atoms with Crippen LogP contribution in [0.2, 0.25) is 0 Å². The lowest BCUT2D eigenvalue weighted by Gasteiger charge is -2.32. The van der Waals surface area contributed by atoms with Crippen LogP contribution in [0.25, 0.3) is 0 Å². The Labute approximate surface area is 92.0 Å². The molecule has 0 heterocycles. The SMILES string of the molecule is CN(CC(N)=O)C1CCCCCC1CN. The van der Waals surface area contributed by atoms with Crippen molar-refractivity contribution in [3.8, 4) is 0 Å². The molecule has 4 heteroatoms. The van der Waals surface area contributed by atoms with Gasteiger partial charge in [0.2, 0.25) is 5.91 Å². The summed E-state index contributed by atoms with van der Waals surface area (Å²) in [5, 5.41) is 0. The fourth-order valence-electron chi connectivity index (χ4n) is 2.58. The van der Waals surface area contributed by atoms with Gasteiger partial charge in [-0.1, -0.05) is 19.3 Å². The lowest BCUT2D eigenvalue weighted by atomic mass is 9.94. The Morgan fingerprint density at radius 2 is 2.00 bits per heavy atom. The second kappa shape index (κ2) is 6.08. The first-order valence-corrected chi connectivity index (χ1v) is 5.83. The number of primary amides is 1. The van der Waals surface area contributed by atoms with Gasteiger partial charge in [0.05, 0.1) is 6.54 Å². The summed E-state index contributed by atoms with van der Waals surface area (Å²) in [5.74, 6) is 0.273. The fraction of sp³-hybridized carbons (Fsp3) is 0.909. The largest absolute Gasteiger partial charge is 0.369 e. The molecule has 1 fully saturated rings. The molecule has 0 aromatic heterocycles. The first kappa shape index (κ1) is 12.5. The third-order valence-electron chi connectivity index (χ3n) is 3.39. The quantitative estimate of drug-likeness (QED) is 0.660. The highest BCUT2D eigenvalue weighted by Crippen LogP contribution is 2.25. The maximum absolute atomic E-state index is 10.9. The first-order valence-electron chi connectivity index (χ1n) is 5.83. The second-order valence-electron chi connectivity index (χ2n) is 4.58. The summed E-state index contributed by atoms with van der Waals surface area (Å²) in [7, 11) is 1.98. The van der Waals surface area contributed by atoms with Crippen molar-refractivity contribution in [3.63, 3.8) is 0 Å². The van der Waals surface area contributed by atoms with Crippen LogP contribution < -0.4 is 11.5 Å². The number of likely N-dealkylation sites (N-methyl/N-ethyl adjacent to an activating group) is 1. The van der Waals surface area contributed by atoms with Crippen LogP contribution in [0.5, 0.6) is 0 Å². The highest BCUT2D eigenvalue weighted by atomic mass is 16.1. The van der Waals surface area contributed by atoms with Crippen molar-refractivity contribution in [3.05, 3.63) is 0 Å². The Morgan fingerprint density at radius 1 is 1.33 bits per heavy atom. The average Bonchev–Trinajstić information content (AvgIpc) is 2.40. The van der Waals surface area contributed by atoms with Crippen molar-refractivity contribution < 1.29 is 4.79 Å². The van der Waals surface area contributed by atoms with E-state index < -0.39 is 0 Å². The van der Waals surface area contributed by atoms with Crippen LogP contribution in [0.15, 0.2) is 0 Å². The number of hydrogen-bond donors (Lipinski definition) is 2. The standard InChI is InChI=1S/C11H23N3O/c1-14(8-11(13)15)10-6-4-2-3-5-9(10)7-12/h9-10H,2-8,12H2,1H3,(H2,13,15). The zero-order valence-electron chi connectivity index (χ0n) is 9.61. The molecule has 1 aliphatic carbocycles. The molecule has 1 rings (SSSR count). The summed E-state index contributed by atoms with van der Waals surface area (Å²) >= 11 is 0. The molecule has 4 nitrogen and oxygen atoms in total. The van der Waals surface area contributed by atoms with E-state index in [0.29, 0.717) is 25.0 Å². The minimum atomic E-state index is -0.252. The molecule has 0 aliphatic heterocycles. The van der Waals surface area contributed by atoms with Crippen molar-refractivity contribution in [2.24, 2.45) is 17.4 Å². The van der Waals surface area contributed by atoms with Gasteiger partial charge in [-0.2, -0.15) is 0 Å². The van der Waals surface area contributed by atoms with Crippen molar-refractivity contribution in [1.29, 1.82) is 0 Å². The van der Waals surface area contributed by atoms with Crippen LogP contribution in [-0.2, 0) is 4.79 Å². The van der Waals surface area contributed by atoms with Crippen LogP contribution in [0.4, 0.5) is 0 Å². The molecule has 4 N–H and O–H groups in total.